The number of nitrogens with zero attached hydrogens (tertiary/aromatic N) is 2. The van der Waals surface area contributed by atoms with Gasteiger partial charge in [-0.2, -0.15) is 0 Å². The van der Waals surface area contributed by atoms with Gasteiger partial charge in [-0.25, -0.2) is 4.98 Å². The minimum absolute atomic E-state index is 0.0914. The number of thiazole rings is 1. The second kappa shape index (κ2) is 9.33. The molecule has 0 spiro atoms. The second-order valence-corrected chi connectivity index (χ2v) is 7.19. The molecule has 6 N–H and O–H groups in total. The summed E-state index contributed by atoms with van der Waals surface area (Å²) in [5.74, 6) is 0.318. The Morgan fingerprint density at radius 3 is 2.72 bits per heavy atom. The first-order valence-electron chi connectivity index (χ1n) is 8.10. The monoisotopic (exact) mass is 376 g/mol. The van der Waals surface area contributed by atoms with Crippen LogP contribution < -0.4 is 22.1 Å². The molecular formula is C17H24N6S2. The third kappa shape index (κ3) is 6.32. The molecule has 0 radical (unpaired) electrons. The van der Waals surface area contributed by atoms with Crippen LogP contribution >= 0.6 is 23.6 Å². The van der Waals surface area contributed by atoms with Crippen molar-refractivity contribution in [1.82, 2.24) is 15.6 Å². The molecule has 0 bridgehead atoms. The Labute approximate surface area is 157 Å². The molecular weight excluding hydrogens is 352 g/mol. The van der Waals surface area contributed by atoms with Crippen LogP contribution in [-0.4, -0.2) is 22.6 Å². The van der Waals surface area contributed by atoms with Crippen LogP contribution in [-0.2, 0) is 6.42 Å². The van der Waals surface area contributed by atoms with Gasteiger partial charge in [-0.3, -0.25) is 4.99 Å². The van der Waals surface area contributed by atoms with E-state index in [9.17, 15) is 0 Å². The summed E-state index contributed by atoms with van der Waals surface area (Å²) in [6, 6.07) is 10.2. The maximum absolute atomic E-state index is 5.88. The van der Waals surface area contributed by atoms with Gasteiger partial charge in [0, 0.05) is 11.4 Å². The standard InChI is InChI=1S/C17H24N6S2/c1-11(13-7-4-3-5-8-13)22-17(24)23-15(18)20-10-6-9-14-12(2)21-16(19)25-14/h3-5,7-8,11H,6,9-10H2,1-2H3,(H2,19,21)(H4,18,20,22,23,24)/t11-/m1/s1. The van der Waals surface area contributed by atoms with Crippen molar-refractivity contribution in [2.45, 2.75) is 32.7 Å². The molecule has 0 unspecified atom stereocenters. The van der Waals surface area contributed by atoms with Crippen LogP contribution in [0, 0.1) is 6.92 Å². The smallest absolute Gasteiger partial charge is 0.194 e. The molecule has 0 fully saturated rings. The largest absolute Gasteiger partial charge is 0.375 e. The summed E-state index contributed by atoms with van der Waals surface area (Å²) < 4.78 is 0. The molecule has 2 rings (SSSR count). The third-order valence-electron chi connectivity index (χ3n) is 3.64. The van der Waals surface area contributed by atoms with Gasteiger partial charge < -0.3 is 22.1 Å². The Bertz CT molecular complexity index is 726. The van der Waals surface area contributed by atoms with Gasteiger partial charge in [0.15, 0.2) is 16.2 Å². The van der Waals surface area contributed by atoms with Crippen molar-refractivity contribution in [1.29, 1.82) is 0 Å². The van der Waals surface area contributed by atoms with Crippen LogP contribution in [0.25, 0.3) is 0 Å². The lowest BCUT2D eigenvalue weighted by Crippen LogP contribution is -2.44. The van der Waals surface area contributed by atoms with Crippen molar-refractivity contribution in [3.8, 4) is 0 Å². The highest BCUT2D eigenvalue weighted by molar-refractivity contribution is 7.80. The van der Waals surface area contributed by atoms with E-state index in [0.717, 1.165) is 24.1 Å². The highest BCUT2D eigenvalue weighted by Crippen LogP contribution is 2.20. The van der Waals surface area contributed by atoms with Crippen molar-refractivity contribution in [3.63, 3.8) is 0 Å². The number of thiocarbonyl (C=S) groups is 1. The average Bonchev–Trinajstić information content (AvgIpc) is 2.89. The summed E-state index contributed by atoms with van der Waals surface area (Å²) in [6.07, 6.45) is 1.77. The van der Waals surface area contributed by atoms with E-state index in [2.05, 4.69) is 20.6 Å². The molecule has 1 heterocycles. The summed E-state index contributed by atoms with van der Waals surface area (Å²) in [4.78, 5) is 9.72. The first kappa shape index (κ1) is 19.1. The summed E-state index contributed by atoms with van der Waals surface area (Å²) in [6.45, 7) is 4.63. The molecule has 25 heavy (non-hydrogen) atoms. The highest BCUT2D eigenvalue weighted by Gasteiger charge is 2.07. The van der Waals surface area contributed by atoms with E-state index in [0.29, 0.717) is 22.7 Å². The Balaban J connectivity index is 1.73. The molecule has 0 saturated heterocycles. The number of aryl methyl sites for hydroxylation is 2. The predicted octanol–water partition coefficient (Wildman–Crippen LogP) is 2.51. The average molecular weight is 377 g/mol. The SMILES string of the molecule is Cc1nc(N)sc1CCCN=C(N)NC(=S)N[C@H](C)c1ccccc1. The van der Waals surface area contributed by atoms with E-state index in [-0.39, 0.29) is 6.04 Å². The fourth-order valence-corrected chi connectivity index (χ4v) is 3.49. The van der Waals surface area contributed by atoms with Gasteiger partial charge in [0.1, 0.15) is 0 Å². The predicted molar refractivity (Wildman–Crippen MR) is 110 cm³/mol. The molecule has 134 valence electrons. The fraction of sp³-hybridized carbons (Fsp3) is 0.353. The minimum atomic E-state index is 0.0914. The van der Waals surface area contributed by atoms with Crippen LogP contribution in [0.5, 0.6) is 0 Å². The quantitative estimate of drug-likeness (QED) is 0.267. The number of nitrogens with two attached hydrogens (primary N) is 2. The van der Waals surface area contributed by atoms with E-state index >= 15 is 0 Å². The van der Waals surface area contributed by atoms with E-state index in [1.54, 1.807) is 0 Å². The normalized spacial score (nSPS) is 12.6. The number of guanidine groups is 1. The van der Waals surface area contributed by atoms with Crippen molar-refractivity contribution in [2.24, 2.45) is 10.7 Å². The van der Waals surface area contributed by atoms with Crippen molar-refractivity contribution in [2.75, 3.05) is 12.3 Å². The first-order valence-corrected chi connectivity index (χ1v) is 9.32. The maximum atomic E-state index is 5.88. The van der Waals surface area contributed by atoms with Gasteiger partial charge in [-0.05, 0) is 44.5 Å². The topological polar surface area (TPSA) is 101 Å². The molecule has 8 heteroatoms. The summed E-state index contributed by atoms with van der Waals surface area (Å²) in [7, 11) is 0. The molecule has 6 nitrogen and oxygen atoms in total. The number of anilines is 1. The van der Waals surface area contributed by atoms with Crippen molar-refractivity contribution in [3.05, 3.63) is 46.5 Å². The zero-order valence-electron chi connectivity index (χ0n) is 14.5. The van der Waals surface area contributed by atoms with Gasteiger partial charge in [0.25, 0.3) is 0 Å². The van der Waals surface area contributed by atoms with E-state index in [1.807, 2.05) is 44.2 Å². The zero-order valence-corrected chi connectivity index (χ0v) is 16.1. The number of nitrogen functional groups attached to an aromatic ring is 1. The van der Waals surface area contributed by atoms with Crippen LogP contribution in [0.15, 0.2) is 35.3 Å². The highest BCUT2D eigenvalue weighted by atomic mass is 32.1. The van der Waals surface area contributed by atoms with E-state index < -0.39 is 0 Å². The van der Waals surface area contributed by atoms with Crippen LogP contribution in [0.3, 0.4) is 0 Å². The molecule has 2 aromatic rings. The van der Waals surface area contributed by atoms with E-state index in [4.69, 9.17) is 23.7 Å². The third-order valence-corrected chi connectivity index (χ3v) is 4.91. The fourth-order valence-electron chi connectivity index (χ4n) is 2.34. The maximum Gasteiger partial charge on any atom is 0.194 e. The lowest BCUT2D eigenvalue weighted by atomic mass is 10.1. The van der Waals surface area contributed by atoms with Crippen LogP contribution in [0.1, 0.15) is 35.5 Å². The number of hydrogen-bond donors (Lipinski definition) is 4. The number of aliphatic imine (C=N–C) groups is 1. The minimum Gasteiger partial charge on any atom is -0.375 e. The van der Waals surface area contributed by atoms with Gasteiger partial charge in [0.2, 0.25) is 0 Å². The van der Waals surface area contributed by atoms with Gasteiger partial charge in [0.05, 0.1) is 11.7 Å². The summed E-state index contributed by atoms with van der Waals surface area (Å²) in [5.41, 5.74) is 13.7. The Hall–Kier alpha value is -2.19. The molecule has 0 aliphatic rings. The molecule has 0 aliphatic carbocycles. The molecule has 0 aliphatic heterocycles. The molecule has 1 aromatic heterocycles. The Kier molecular flexibility index (Phi) is 7.15. The zero-order chi connectivity index (χ0) is 18.2. The number of rotatable bonds is 6. The molecule has 1 aromatic carbocycles. The van der Waals surface area contributed by atoms with Crippen molar-refractivity contribution < 1.29 is 0 Å². The number of hydrogen-bond acceptors (Lipinski definition) is 5. The second-order valence-electron chi connectivity index (χ2n) is 5.66. The van der Waals surface area contributed by atoms with E-state index in [1.165, 1.54) is 16.2 Å². The summed E-state index contributed by atoms with van der Waals surface area (Å²) >= 11 is 6.81. The van der Waals surface area contributed by atoms with Gasteiger partial charge in [-0.15, -0.1) is 11.3 Å². The van der Waals surface area contributed by atoms with Gasteiger partial charge in [-0.1, -0.05) is 30.3 Å². The van der Waals surface area contributed by atoms with Gasteiger partial charge >= 0.3 is 0 Å². The van der Waals surface area contributed by atoms with Crippen LogP contribution in [0.2, 0.25) is 0 Å². The Morgan fingerprint density at radius 1 is 1.36 bits per heavy atom. The first-order chi connectivity index (χ1) is 12.0. The molecule has 0 amide bonds. The lowest BCUT2D eigenvalue weighted by molar-refractivity contribution is 0.713. The Morgan fingerprint density at radius 2 is 2.08 bits per heavy atom. The summed E-state index contributed by atoms with van der Waals surface area (Å²) in [5, 5.41) is 7.18. The van der Waals surface area contributed by atoms with Crippen molar-refractivity contribution >= 4 is 39.8 Å². The lowest BCUT2D eigenvalue weighted by Gasteiger charge is -2.17. The number of nitrogens with one attached hydrogen (secondary N) is 2. The molecule has 1 atom stereocenters. The van der Waals surface area contributed by atoms with Crippen LogP contribution in [0.4, 0.5) is 5.13 Å². The number of aromatic nitrogens is 1. The number of benzene rings is 1. The molecule has 0 saturated carbocycles.